The molecular weight excluding hydrogens is 260 g/mol. The number of carbonyl (C=O) groups excluding carboxylic acids is 1. The molecule has 2 N–H and O–H groups in total. The van der Waals surface area contributed by atoms with E-state index in [0.717, 1.165) is 28.1 Å². The number of nitrogens with one attached hydrogen (secondary N) is 2. The fourth-order valence-corrected chi connectivity index (χ4v) is 2.69. The normalized spacial score (nSPS) is 10.8. The highest BCUT2D eigenvalue weighted by atomic mass is 16.1. The summed E-state index contributed by atoms with van der Waals surface area (Å²) in [5, 5.41) is 0. The van der Waals surface area contributed by atoms with E-state index in [1.165, 1.54) is 11.1 Å². The van der Waals surface area contributed by atoms with Gasteiger partial charge in [0.2, 0.25) is 0 Å². The van der Waals surface area contributed by atoms with Crippen molar-refractivity contribution >= 4 is 5.78 Å². The summed E-state index contributed by atoms with van der Waals surface area (Å²) in [7, 11) is 0. The molecule has 0 aliphatic carbocycles. The van der Waals surface area contributed by atoms with Gasteiger partial charge in [0.05, 0.1) is 17.0 Å². The second-order valence-corrected chi connectivity index (χ2v) is 5.35. The molecule has 3 heteroatoms. The second-order valence-electron chi connectivity index (χ2n) is 5.35. The van der Waals surface area contributed by atoms with Crippen LogP contribution >= 0.6 is 0 Å². The van der Waals surface area contributed by atoms with Crippen molar-refractivity contribution in [3.8, 4) is 22.5 Å². The van der Waals surface area contributed by atoms with Crippen molar-refractivity contribution in [2.75, 3.05) is 0 Å². The highest BCUT2D eigenvalue weighted by molar-refractivity contribution is 6.06. The lowest BCUT2D eigenvalue weighted by Crippen LogP contribution is -1.97. The SMILES string of the molecule is CC(=O)c1c(-c2ccccc2)c[nH]c1-c1[nH]cc(C)c1C. The molecule has 3 rings (SSSR count). The summed E-state index contributed by atoms with van der Waals surface area (Å²) in [4.78, 5) is 18.7. The molecule has 21 heavy (non-hydrogen) atoms. The minimum Gasteiger partial charge on any atom is -0.359 e. The molecule has 0 unspecified atom stereocenters. The third-order valence-electron chi connectivity index (χ3n) is 3.97. The summed E-state index contributed by atoms with van der Waals surface area (Å²) < 4.78 is 0. The van der Waals surface area contributed by atoms with E-state index in [0.29, 0.717) is 0 Å². The Bertz CT molecular complexity index is 794. The molecule has 2 heterocycles. The molecule has 0 radical (unpaired) electrons. The first-order valence-electron chi connectivity index (χ1n) is 7.02. The number of Topliss-reactive ketones (excluding diaryl/α,β-unsaturated/α-hetero) is 1. The van der Waals surface area contributed by atoms with Crippen molar-refractivity contribution in [3.05, 3.63) is 59.4 Å². The van der Waals surface area contributed by atoms with Gasteiger partial charge in [-0.1, -0.05) is 30.3 Å². The van der Waals surface area contributed by atoms with Crippen molar-refractivity contribution < 1.29 is 4.79 Å². The Hall–Kier alpha value is -2.55. The Labute approximate surface area is 124 Å². The number of aromatic amines is 2. The fourth-order valence-electron chi connectivity index (χ4n) is 2.69. The molecule has 3 aromatic rings. The van der Waals surface area contributed by atoms with Crippen molar-refractivity contribution in [3.63, 3.8) is 0 Å². The van der Waals surface area contributed by atoms with E-state index in [-0.39, 0.29) is 5.78 Å². The predicted octanol–water partition coefficient (Wildman–Crippen LogP) is 4.50. The van der Waals surface area contributed by atoms with Crippen LogP contribution in [0.1, 0.15) is 28.4 Å². The van der Waals surface area contributed by atoms with Gasteiger partial charge in [-0.3, -0.25) is 4.79 Å². The number of benzene rings is 1. The molecule has 3 nitrogen and oxygen atoms in total. The van der Waals surface area contributed by atoms with Crippen molar-refractivity contribution in [1.82, 2.24) is 9.97 Å². The average Bonchev–Trinajstić information content (AvgIpc) is 3.05. The van der Waals surface area contributed by atoms with Crippen LogP contribution in [0.2, 0.25) is 0 Å². The number of hydrogen-bond acceptors (Lipinski definition) is 1. The van der Waals surface area contributed by atoms with Crippen LogP contribution in [0.25, 0.3) is 22.5 Å². The molecule has 0 amide bonds. The van der Waals surface area contributed by atoms with Gasteiger partial charge >= 0.3 is 0 Å². The molecule has 0 aliphatic heterocycles. The minimum absolute atomic E-state index is 0.0664. The van der Waals surface area contributed by atoms with E-state index < -0.39 is 0 Å². The molecule has 0 aliphatic rings. The standard InChI is InChI=1S/C18H18N2O/c1-11-9-19-17(12(11)2)18-16(13(3)21)15(10-20-18)14-7-5-4-6-8-14/h4-10,19-20H,1-3H3. The highest BCUT2D eigenvalue weighted by Gasteiger charge is 2.20. The number of carbonyl (C=O) groups is 1. The van der Waals surface area contributed by atoms with E-state index in [2.05, 4.69) is 23.8 Å². The van der Waals surface area contributed by atoms with E-state index in [4.69, 9.17) is 0 Å². The minimum atomic E-state index is 0.0664. The fraction of sp³-hybridized carbons (Fsp3) is 0.167. The first kappa shape index (κ1) is 13.4. The highest BCUT2D eigenvalue weighted by Crippen LogP contribution is 2.34. The predicted molar refractivity (Wildman–Crippen MR) is 85.5 cm³/mol. The van der Waals surface area contributed by atoms with E-state index in [1.54, 1.807) is 6.92 Å². The average molecular weight is 278 g/mol. The Kier molecular flexibility index (Phi) is 3.26. The molecule has 0 atom stereocenters. The van der Waals surface area contributed by atoms with Crippen LogP contribution in [0.3, 0.4) is 0 Å². The topological polar surface area (TPSA) is 48.6 Å². The van der Waals surface area contributed by atoms with E-state index >= 15 is 0 Å². The number of rotatable bonds is 3. The van der Waals surface area contributed by atoms with Gasteiger partial charge in [0.25, 0.3) is 0 Å². The quantitative estimate of drug-likeness (QED) is 0.681. The number of aromatic nitrogens is 2. The zero-order chi connectivity index (χ0) is 15.0. The maximum atomic E-state index is 12.2. The molecule has 0 fully saturated rings. The number of H-pyrrole nitrogens is 2. The van der Waals surface area contributed by atoms with Crippen molar-refractivity contribution in [2.45, 2.75) is 20.8 Å². The van der Waals surface area contributed by atoms with Gasteiger partial charge in [-0.05, 0) is 37.5 Å². The van der Waals surface area contributed by atoms with Crippen LogP contribution in [0.15, 0.2) is 42.7 Å². The summed E-state index contributed by atoms with van der Waals surface area (Å²) in [6.07, 6.45) is 3.88. The number of hydrogen-bond donors (Lipinski definition) is 2. The van der Waals surface area contributed by atoms with Gasteiger partial charge < -0.3 is 9.97 Å². The molecule has 0 saturated carbocycles. The second kappa shape index (κ2) is 5.09. The Morgan fingerprint density at radius 2 is 1.62 bits per heavy atom. The molecule has 2 aromatic heterocycles. The third-order valence-corrected chi connectivity index (χ3v) is 3.97. The van der Waals surface area contributed by atoms with Gasteiger partial charge in [0, 0.05) is 18.0 Å². The van der Waals surface area contributed by atoms with Crippen LogP contribution < -0.4 is 0 Å². The van der Waals surface area contributed by atoms with Gasteiger partial charge in [0.15, 0.2) is 5.78 Å². The van der Waals surface area contributed by atoms with Crippen LogP contribution in [0.5, 0.6) is 0 Å². The van der Waals surface area contributed by atoms with Crippen LogP contribution in [0.4, 0.5) is 0 Å². The van der Waals surface area contributed by atoms with Crippen molar-refractivity contribution in [1.29, 1.82) is 0 Å². The van der Waals surface area contributed by atoms with Gasteiger partial charge in [0.1, 0.15) is 0 Å². The Morgan fingerprint density at radius 1 is 0.952 bits per heavy atom. The summed E-state index contributed by atoms with van der Waals surface area (Å²) >= 11 is 0. The lowest BCUT2D eigenvalue weighted by molar-refractivity contribution is 0.101. The monoisotopic (exact) mass is 278 g/mol. The maximum Gasteiger partial charge on any atom is 0.162 e. The molecular formula is C18H18N2O. The smallest absolute Gasteiger partial charge is 0.162 e. The van der Waals surface area contributed by atoms with Crippen LogP contribution in [-0.2, 0) is 0 Å². The van der Waals surface area contributed by atoms with Crippen LogP contribution in [0, 0.1) is 13.8 Å². The maximum absolute atomic E-state index is 12.2. The summed E-state index contributed by atoms with van der Waals surface area (Å²) in [5.74, 6) is 0.0664. The number of aryl methyl sites for hydroxylation is 1. The Balaban J connectivity index is 2.22. The van der Waals surface area contributed by atoms with Crippen molar-refractivity contribution in [2.24, 2.45) is 0 Å². The molecule has 0 saturated heterocycles. The zero-order valence-electron chi connectivity index (χ0n) is 12.4. The first-order chi connectivity index (χ1) is 10.1. The lowest BCUT2D eigenvalue weighted by atomic mass is 9.98. The third kappa shape index (κ3) is 2.21. The lowest BCUT2D eigenvalue weighted by Gasteiger charge is -2.05. The van der Waals surface area contributed by atoms with E-state index in [1.807, 2.05) is 42.7 Å². The first-order valence-corrected chi connectivity index (χ1v) is 7.02. The largest absolute Gasteiger partial charge is 0.359 e. The van der Waals surface area contributed by atoms with E-state index in [9.17, 15) is 4.79 Å². The summed E-state index contributed by atoms with van der Waals surface area (Å²) in [5.41, 5.74) is 6.95. The molecule has 0 bridgehead atoms. The zero-order valence-corrected chi connectivity index (χ0v) is 12.4. The number of ketones is 1. The molecule has 0 spiro atoms. The Morgan fingerprint density at radius 3 is 2.19 bits per heavy atom. The summed E-state index contributed by atoms with van der Waals surface area (Å²) in [6.45, 7) is 5.74. The molecule has 106 valence electrons. The van der Waals surface area contributed by atoms with Gasteiger partial charge in [-0.15, -0.1) is 0 Å². The van der Waals surface area contributed by atoms with Crippen LogP contribution in [-0.4, -0.2) is 15.8 Å². The van der Waals surface area contributed by atoms with Gasteiger partial charge in [-0.2, -0.15) is 0 Å². The van der Waals surface area contributed by atoms with Gasteiger partial charge in [-0.25, -0.2) is 0 Å². The molecule has 1 aromatic carbocycles. The summed E-state index contributed by atoms with van der Waals surface area (Å²) in [6, 6.07) is 9.98.